The number of hydrogen-bond donors (Lipinski definition) is 2. The van der Waals surface area contributed by atoms with Crippen molar-refractivity contribution in [3.63, 3.8) is 0 Å². The van der Waals surface area contributed by atoms with E-state index in [1.165, 1.54) is 16.7 Å². The molecule has 0 atom stereocenters. The zero-order chi connectivity index (χ0) is 22.1. The normalized spacial score (nSPS) is 14.1. The molecule has 1 aliphatic rings. The summed E-state index contributed by atoms with van der Waals surface area (Å²) in [7, 11) is 0. The van der Waals surface area contributed by atoms with E-state index >= 15 is 0 Å². The Morgan fingerprint density at radius 3 is 2.20 bits per heavy atom. The smallest absolute Gasteiger partial charge is 0.125 e. The molecule has 0 unspecified atom stereocenters. The Bertz CT molecular complexity index is 887. The third-order valence-electron chi connectivity index (χ3n) is 5.69. The van der Waals surface area contributed by atoms with Crippen LogP contribution in [0.15, 0.2) is 48.7 Å². The van der Waals surface area contributed by atoms with Gasteiger partial charge in [-0.3, -0.25) is 0 Å². The second kappa shape index (κ2) is 11.8. The number of benzene rings is 2. The molecule has 0 spiro atoms. The van der Waals surface area contributed by atoms with Gasteiger partial charge in [-0.15, -0.1) is 0 Å². The van der Waals surface area contributed by atoms with Crippen molar-refractivity contribution in [2.45, 2.75) is 72.8 Å². The van der Waals surface area contributed by atoms with Gasteiger partial charge < -0.3 is 15.0 Å². The second-order valence-corrected chi connectivity index (χ2v) is 7.80. The summed E-state index contributed by atoms with van der Waals surface area (Å²) in [4.78, 5) is 0. The van der Waals surface area contributed by atoms with Crippen LogP contribution in [-0.4, -0.2) is 22.8 Å². The van der Waals surface area contributed by atoms with E-state index in [1.54, 1.807) is 0 Å². The van der Waals surface area contributed by atoms with Crippen molar-refractivity contribution in [2.75, 3.05) is 13.1 Å². The highest BCUT2D eigenvalue weighted by Crippen LogP contribution is 2.37. The number of aromatic nitrogens is 1. The monoisotopic (exact) mass is 408 g/mol. The minimum Gasteiger partial charge on any atom is -0.507 e. The maximum atomic E-state index is 10.5. The number of fused-ring (bicyclic) bond motifs is 1. The second-order valence-electron chi connectivity index (χ2n) is 7.80. The Kier molecular flexibility index (Phi) is 9.45. The van der Waals surface area contributed by atoms with Crippen LogP contribution in [0.4, 0.5) is 0 Å². The lowest BCUT2D eigenvalue weighted by molar-refractivity contribution is 0.458. The lowest BCUT2D eigenvalue weighted by Gasteiger charge is -2.22. The van der Waals surface area contributed by atoms with Gasteiger partial charge in [0.1, 0.15) is 5.75 Å². The molecule has 0 bridgehead atoms. The van der Waals surface area contributed by atoms with Gasteiger partial charge in [0, 0.05) is 18.1 Å². The average molecular weight is 409 g/mol. The standard InChI is InChI=1S/C23H28N2O.2C2H6/c1-16(2)18-8-6-17(7-9-18)14-25-15-20(19-10-12-24-13-11-19)23-21(25)4-3-5-22(23)26;2*1-2/h3-9,15-16,19,24,26H,10-14H2,1-2H3;2*1-2H3. The van der Waals surface area contributed by atoms with Crippen LogP contribution in [-0.2, 0) is 6.54 Å². The molecule has 0 saturated carbocycles. The maximum Gasteiger partial charge on any atom is 0.125 e. The molecular weight excluding hydrogens is 368 g/mol. The van der Waals surface area contributed by atoms with Gasteiger partial charge in [-0.1, -0.05) is 71.9 Å². The highest BCUT2D eigenvalue weighted by molar-refractivity contribution is 5.90. The maximum absolute atomic E-state index is 10.5. The average Bonchev–Trinajstić information content (AvgIpc) is 3.17. The van der Waals surface area contributed by atoms with Crippen molar-refractivity contribution in [1.29, 1.82) is 0 Å². The Hall–Kier alpha value is -2.26. The Morgan fingerprint density at radius 1 is 0.967 bits per heavy atom. The van der Waals surface area contributed by atoms with E-state index in [4.69, 9.17) is 0 Å². The topological polar surface area (TPSA) is 37.2 Å². The number of aromatic hydroxyl groups is 1. The lowest BCUT2D eigenvalue weighted by atomic mass is 9.90. The molecule has 1 aromatic heterocycles. The molecule has 1 aliphatic heterocycles. The summed E-state index contributed by atoms with van der Waals surface area (Å²) in [5, 5.41) is 15.0. The van der Waals surface area contributed by atoms with E-state index in [-0.39, 0.29) is 0 Å². The van der Waals surface area contributed by atoms with Gasteiger partial charge in [0.15, 0.2) is 0 Å². The third kappa shape index (κ3) is 5.46. The van der Waals surface area contributed by atoms with Gasteiger partial charge in [0.05, 0.1) is 5.52 Å². The van der Waals surface area contributed by atoms with Gasteiger partial charge in [0.2, 0.25) is 0 Å². The van der Waals surface area contributed by atoms with Crippen molar-refractivity contribution in [1.82, 2.24) is 9.88 Å². The van der Waals surface area contributed by atoms with Crippen molar-refractivity contribution in [3.8, 4) is 5.75 Å². The number of nitrogens with one attached hydrogen (secondary N) is 1. The van der Waals surface area contributed by atoms with Crippen molar-refractivity contribution >= 4 is 10.9 Å². The van der Waals surface area contributed by atoms with Gasteiger partial charge in [-0.2, -0.15) is 0 Å². The van der Waals surface area contributed by atoms with Crippen LogP contribution < -0.4 is 5.32 Å². The van der Waals surface area contributed by atoms with Gasteiger partial charge in [0.25, 0.3) is 0 Å². The van der Waals surface area contributed by atoms with E-state index < -0.39 is 0 Å². The first-order valence-electron chi connectivity index (χ1n) is 11.7. The summed E-state index contributed by atoms with van der Waals surface area (Å²) in [6, 6.07) is 14.8. The number of phenols is 1. The zero-order valence-corrected chi connectivity index (χ0v) is 19.7. The first-order chi connectivity index (χ1) is 14.6. The Morgan fingerprint density at radius 2 is 1.60 bits per heavy atom. The van der Waals surface area contributed by atoms with Crippen LogP contribution in [0.5, 0.6) is 5.75 Å². The Balaban J connectivity index is 0.000000757. The summed E-state index contributed by atoms with van der Waals surface area (Å²) in [6.07, 6.45) is 4.55. The molecule has 0 amide bonds. The molecular formula is C27H40N2O. The van der Waals surface area contributed by atoms with Gasteiger partial charge in [-0.05, 0) is 66.6 Å². The fourth-order valence-electron chi connectivity index (χ4n) is 4.14. The van der Waals surface area contributed by atoms with Crippen LogP contribution in [0.25, 0.3) is 10.9 Å². The molecule has 1 fully saturated rings. The van der Waals surface area contributed by atoms with Crippen molar-refractivity contribution < 1.29 is 5.11 Å². The van der Waals surface area contributed by atoms with E-state index in [1.807, 2.05) is 39.8 Å². The van der Waals surface area contributed by atoms with Crippen molar-refractivity contribution in [3.05, 3.63) is 65.4 Å². The largest absolute Gasteiger partial charge is 0.507 e. The molecule has 2 aromatic carbocycles. The minimum absolute atomic E-state index is 0.407. The molecule has 1 saturated heterocycles. The van der Waals surface area contributed by atoms with Crippen LogP contribution in [0.2, 0.25) is 0 Å². The number of nitrogens with zero attached hydrogens (tertiary/aromatic N) is 1. The predicted octanol–water partition coefficient (Wildman–Crippen LogP) is 7.04. The van der Waals surface area contributed by atoms with Crippen LogP contribution in [0, 0.1) is 0 Å². The zero-order valence-electron chi connectivity index (χ0n) is 19.7. The summed E-state index contributed by atoms with van der Waals surface area (Å²) >= 11 is 0. The molecule has 3 heteroatoms. The first-order valence-corrected chi connectivity index (χ1v) is 11.7. The van der Waals surface area contributed by atoms with Gasteiger partial charge in [-0.25, -0.2) is 0 Å². The minimum atomic E-state index is 0.407. The fraction of sp³-hybridized carbons (Fsp3) is 0.481. The van der Waals surface area contributed by atoms with E-state index in [9.17, 15) is 5.11 Å². The summed E-state index contributed by atoms with van der Waals surface area (Å²) in [6.45, 7) is 15.4. The number of rotatable bonds is 4. The molecule has 164 valence electrons. The molecule has 2 N–H and O–H groups in total. The summed E-state index contributed by atoms with van der Waals surface area (Å²) in [5.74, 6) is 1.49. The van der Waals surface area contributed by atoms with E-state index in [0.717, 1.165) is 43.4 Å². The summed E-state index contributed by atoms with van der Waals surface area (Å²) in [5.41, 5.74) is 5.11. The molecule has 3 nitrogen and oxygen atoms in total. The quantitative estimate of drug-likeness (QED) is 0.486. The third-order valence-corrected chi connectivity index (χ3v) is 5.69. The summed E-state index contributed by atoms with van der Waals surface area (Å²) < 4.78 is 2.30. The van der Waals surface area contributed by atoms with Crippen LogP contribution >= 0.6 is 0 Å². The molecule has 2 heterocycles. The van der Waals surface area contributed by atoms with E-state index in [2.05, 4.69) is 60.3 Å². The lowest BCUT2D eigenvalue weighted by Crippen LogP contribution is -2.26. The molecule has 3 aromatic rings. The van der Waals surface area contributed by atoms with Gasteiger partial charge >= 0.3 is 0 Å². The van der Waals surface area contributed by atoms with Crippen LogP contribution in [0.3, 0.4) is 0 Å². The predicted molar refractivity (Wildman–Crippen MR) is 131 cm³/mol. The fourth-order valence-corrected chi connectivity index (χ4v) is 4.14. The number of phenolic OH excluding ortho intramolecular Hbond substituents is 1. The molecule has 0 aliphatic carbocycles. The number of piperidine rings is 1. The number of hydrogen-bond acceptors (Lipinski definition) is 2. The molecule has 0 radical (unpaired) electrons. The van der Waals surface area contributed by atoms with Crippen molar-refractivity contribution in [2.24, 2.45) is 0 Å². The molecule has 30 heavy (non-hydrogen) atoms. The van der Waals surface area contributed by atoms with Crippen LogP contribution in [0.1, 0.15) is 82.9 Å². The highest BCUT2D eigenvalue weighted by Gasteiger charge is 2.22. The Labute approximate surface area is 183 Å². The highest BCUT2D eigenvalue weighted by atomic mass is 16.3. The SMILES string of the molecule is CC.CC.CC(C)c1ccc(Cn2cc(C3CCNCC3)c3c(O)cccc32)cc1. The first kappa shape index (κ1) is 24.0. The van der Waals surface area contributed by atoms with E-state index in [0.29, 0.717) is 17.6 Å². The molecule has 4 rings (SSSR count).